The van der Waals surface area contributed by atoms with E-state index in [-0.39, 0.29) is 17.5 Å². The van der Waals surface area contributed by atoms with Crippen LogP contribution in [0.3, 0.4) is 0 Å². The van der Waals surface area contributed by atoms with Gasteiger partial charge >= 0.3 is 5.97 Å². The minimum absolute atomic E-state index is 0.0821. The van der Waals surface area contributed by atoms with Crippen LogP contribution in [-0.2, 0) is 16.1 Å². The monoisotopic (exact) mass is 476 g/mol. The summed E-state index contributed by atoms with van der Waals surface area (Å²) < 4.78 is 20.0. The topological polar surface area (TPSA) is 86.1 Å². The van der Waals surface area contributed by atoms with Crippen LogP contribution in [0.15, 0.2) is 84.0 Å². The Labute approximate surface area is 200 Å². The predicted molar refractivity (Wildman–Crippen MR) is 128 cm³/mol. The van der Waals surface area contributed by atoms with Crippen LogP contribution in [0.4, 0.5) is 10.1 Å². The van der Waals surface area contributed by atoms with E-state index in [0.29, 0.717) is 28.8 Å². The minimum Gasteiger partial charge on any atom is -0.465 e. The second-order valence-electron chi connectivity index (χ2n) is 7.29. The third kappa shape index (κ3) is 5.68. The second-order valence-corrected chi connectivity index (χ2v) is 8.24. The highest BCUT2D eigenvalue weighted by molar-refractivity contribution is 7.99. The average Bonchev–Trinajstić information content (AvgIpc) is 3.25. The van der Waals surface area contributed by atoms with Gasteiger partial charge in [-0.25, -0.2) is 9.18 Å². The summed E-state index contributed by atoms with van der Waals surface area (Å²) in [6.07, 6.45) is 0. The number of anilines is 1. The Morgan fingerprint density at radius 3 is 2.50 bits per heavy atom. The molecule has 1 amide bonds. The largest absolute Gasteiger partial charge is 0.465 e. The van der Waals surface area contributed by atoms with Crippen molar-refractivity contribution in [2.45, 2.75) is 11.7 Å². The Kier molecular flexibility index (Phi) is 7.34. The molecule has 7 nitrogen and oxygen atoms in total. The molecule has 0 spiro atoms. The Morgan fingerprint density at radius 2 is 1.76 bits per heavy atom. The maximum Gasteiger partial charge on any atom is 0.337 e. The molecular weight excluding hydrogens is 455 g/mol. The number of ether oxygens (including phenoxy) is 1. The van der Waals surface area contributed by atoms with Crippen LogP contribution in [0.25, 0.3) is 11.4 Å². The summed E-state index contributed by atoms with van der Waals surface area (Å²) in [5.74, 6) is -0.408. The van der Waals surface area contributed by atoms with Gasteiger partial charge in [0.2, 0.25) is 5.91 Å². The number of thioether (sulfide) groups is 1. The normalized spacial score (nSPS) is 10.6. The van der Waals surface area contributed by atoms with Crippen molar-refractivity contribution in [3.8, 4) is 11.4 Å². The molecule has 0 aliphatic rings. The number of carbonyl (C=O) groups excluding carboxylic acids is 2. The number of benzene rings is 3. The molecule has 3 aromatic carbocycles. The molecule has 34 heavy (non-hydrogen) atoms. The van der Waals surface area contributed by atoms with E-state index in [4.69, 9.17) is 4.74 Å². The number of hydrogen-bond acceptors (Lipinski definition) is 6. The number of hydrogen-bond donors (Lipinski definition) is 1. The number of aromatic nitrogens is 3. The number of rotatable bonds is 8. The lowest BCUT2D eigenvalue weighted by Crippen LogP contribution is -2.15. The van der Waals surface area contributed by atoms with Crippen molar-refractivity contribution in [3.63, 3.8) is 0 Å². The van der Waals surface area contributed by atoms with E-state index in [0.717, 1.165) is 11.1 Å². The third-order valence-electron chi connectivity index (χ3n) is 4.90. The molecule has 0 aliphatic heterocycles. The van der Waals surface area contributed by atoms with Crippen molar-refractivity contribution >= 4 is 29.3 Å². The lowest BCUT2D eigenvalue weighted by molar-refractivity contribution is -0.113. The first-order valence-corrected chi connectivity index (χ1v) is 11.4. The Bertz CT molecular complexity index is 1290. The average molecular weight is 477 g/mol. The van der Waals surface area contributed by atoms with Crippen LogP contribution in [0.2, 0.25) is 0 Å². The number of methoxy groups -OCH3 is 1. The zero-order valence-corrected chi connectivity index (χ0v) is 19.1. The molecule has 172 valence electrons. The number of esters is 1. The van der Waals surface area contributed by atoms with E-state index in [1.165, 1.54) is 31.0 Å². The van der Waals surface area contributed by atoms with E-state index in [1.54, 1.807) is 36.4 Å². The molecule has 0 atom stereocenters. The molecule has 4 aromatic rings. The lowest BCUT2D eigenvalue weighted by Gasteiger charge is -2.11. The fourth-order valence-corrected chi connectivity index (χ4v) is 4.02. The Hall–Kier alpha value is -3.98. The van der Waals surface area contributed by atoms with E-state index >= 15 is 0 Å². The second kappa shape index (κ2) is 10.8. The number of carbonyl (C=O) groups is 2. The summed E-state index contributed by atoms with van der Waals surface area (Å²) in [5.41, 5.74) is 2.60. The number of amides is 1. The van der Waals surface area contributed by atoms with Gasteiger partial charge in [0.1, 0.15) is 5.82 Å². The van der Waals surface area contributed by atoms with Gasteiger partial charge in [-0.15, -0.1) is 10.2 Å². The highest BCUT2D eigenvalue weighted by Gasteiger charge is 2.17. The van der Waals surface area contributed by atoms with Gasteiger partial charge in [-0.1, -0.05) is 48.2 Å². The maximum atomic E-state index is 13.4. The molecule has 0 fully saturated rings. The lowest BCUT2D eigenvalue weighted by atomic mass is 10.2. The quantitative estimate of drug-likeness (QED) is 0.294. The highest BCUT2D eigenvalue weighted by Crippen LogP contribution is 2.26. The molecular formula is C25H21FN4O3S. The van der Waals surface area contributed by atoms with Crippen molar-refractivity contribution in [2.75, 3.05) is 18.2 Å². The van der Waals surface area contributed by atoms with E-state index in [2.05, 4.69) is 15.5 Å². The third-order valence-corrected chi connectivity index (χ3v) is 5.87. The predicted octanol–water partition coefficient (Wildman–Crippen LogP) is 4.65. The molecule has 0 radical (unpaired) electrons. The molecule has 0 unspecified atom stereocenters. The first-order chi connectivity index (χ1) is 16.5. The van der Waals surface area contributed by atoms with Crippen molar-refractivity contribution in [1.82, 2.24) is 14.8 Å². The van der Waals surface area contributed by atoms with Crippen LogP contribution >= 0.6 is 11.8 Å². The summed E-state index contributed by atoms with van der Waals surface area (Å²) in [6, 6.07) is 22.4. The summed E-state index contributed by atoms with van der Waals surface area (Å²) in [6.45, 7) is 0.492. The van der Waals surface area contributed by atoms with Gasteiger partial charge in [-0.3, -0.25) is 9.36 Å². The summed E-state index contributed by atoms with van der Waals surface area (Å²) in [5, 5.41) is 11.9. The number of nitrogens with one attached hydrogen (secondary N) is 1. The molecule has 1 N–H and O–H groups in total. The summed E-state index contributed by atoms with van der Waals surface area (Å²) in [7, 11) is 1.30. The smallest absolute Gasteiger partial charge is 0.337 e. The molecule has 1 heterocycles. The SMILES string of the molecule is COC(=O)c1cccc(NC(=O)CSc2nnc(-c3ccc(F)cc3)n2Cc2ccccc2)c1. The van der Waals surface area contributed by atoms with E-state index in [1.807, 2.05) is 34.9 Å². The number of halogens is 1. The standard InChI is InChI=1S/C25H21FN4O3S/c1-33-24(32)19-8-5-9-21(14-19)27-22(31)16-34-25-29-28-23(18-10-12-20(26)13-11-18)30(25)15-17-6-3-2-4-7-17/h2-14H,15-16H2,1H3,(H,27,31). The Morgan fingerprint density at radius 1 is 1.00 bits per heavy atom. The molecule has 1 aromatic heterocycles. The van der Waals surface area contributed by atoms with Crippen LogP contribution < -0.4 is 5.32 Å². The molecule has 0 aliphatic carbocycles. The van der Waals surface area contributed by atoms with Crippen LogP contribution in [-0.4, -0.2) is 39.5 Å². The number of nitrogens with zero attached hydrogens (tertiary/aromatic N) is 3. The van der Waals surface area contributed by atoms with Gasteiger partial charge in [0.25, 0.3) is 0 Å². The first kappa shape index (κ1) is 23.2. The molecule has 0 saturated heterocycles. The van der Waals surface area contributed by atoms with Crippen molar-refractivity contribution in [3.05, 3.63) is 95.8 Å². The van der Waals surface area contributed by atoms with E-state index < -0.39 is 5.97 Å². The van der Waals surface area contributed by atoms with Gasteiger partial charge in [-0.05, 0) is 48.0 Å². The van der Waals surface area contributed by atoms with Crippen molar-refractivity contribution < 1.29 is 18.7 Å². The molecule has 0 saturated carbocycles. The van der Waals surface area contributed by atoms with Crippen molar-refractivity contribution in [1.29, 1.82) is 0 Å². The fraction of sp³-hybridized carbons (Fsp3) is 0.120. The highest BCUT2D eigenvalue weighted by atomic mass is 32.2. The van der Waals surface area contributed by atoms with Crippen molar-refractivity contribution in [2.24, 2.45) is 0 Å². The van der Waals surface area contributed by atoms with Crippen LogP contribution in [0, 0.1) is 5.82 Å². The zero-order chi connectivity index (χ0) is 23.9. The summed E-state index contributed by atoms with van der Waals surface area (Å²) in [4.78, 5) is 24.3. The van der Waals surface area contributed by atoms with Gasteiger partial charge in [-0.2, -0.15) is 0 Å². The van der Waals surface area contributed by atoms with Gasteiger partial charge in [0.15, 0.2) is 11.0 Å². The summed E-state index contributed by atoms with van der Waals surface area (Å²) >= 11 is 1.24. The maximum absolute atomic E-state index is 13.4. The van der Waals surface area contributed by atoms with Crippen LogP contribution in [0.1, 0.15) is 15.9 Å². The first-order valence-electron chi connectivity index (χ1n) is 10.4. The van der Waals surface area contributed by atoms with Gasteiger partial charge in [0, 0.05) is 11.3 Å². The fourth-order valence-electron chi connectivity index (χ4n) is 3.29. The molecule has 4 rings (SSSR count). The Balaban J connectivity index is 1.51. The van der Waals surface area contributed by atoms with E-state index in [9.17, 15) is 14.0 Å². The van der Waals surface area contributed by atoms with Crippen LogP contribution in [0.5, 0.6) is 0 Å². The molecule has 0 bridgehead atoms. The van der Waals surface area contributed by atoms with Gasteiger partial charge < -0.3 is 10.1 Å². The minimum atomic E-state index is -0.479. The molecule has 9 heteroatoms. The zero-order valence-electron chi connectivity index (χ0n) is 18.3. The van der Waals surface area contributed by atoms with Gasteiger partial charge in [0.05, 0.1) is 25.0 Å².